The van der Waals surface area contributed by atoms with Gasteiger partial charge in [-0.05, 0) is 42.7 Å². The number of rotatable bonds is 2. The number of benzene rings is 1. The standard InChI is InChI=1S/C20H21FN4O3/c1-12(26)24-9-13-7-14(11-24)18-6-5-17(19(27)25(18)10-13)23-20(28)22-16-4-2-3-15(21)8-16/h2-6,8,13-14H,7,9-11H2,1H3,(H2,22,23,28). The van der Waals surface area contributed by atoms with Crippen LogP contribution >= 0.6 is 0 Å². The number of fused-ring (bicyclic) bond motifs is 4. The van der Waals surface area contributed by atoms with Gasteiger partial charge in [0, 0.05) is 43.9 Å². The molecule has 3 amide bonds. The van der Waals surface area contributed by atoms with Crippen molar-refractivity contribution >= 4 is 23.3 Å². The average molecular weight is 384 g/mol. The van der Waals surface area contributed by atoms with E-state index in [1.165, 1.54) is 18.2 Å². The largest absolute Gasteiger partial charge is 0.342 e. The minimum absolute atomic E-state index is 0.0535. The molecule has 1 fully saturated rings. The van der Waals surface area contributed by atoms with Crippen LogP contribution < -0.4 is 16.2 Å². The second-order valence-corrected chi connectivity index (χ2v) is 7.40. The number of anilines is 2. The second-order valence-electron chi connectivity index (χ2n) is 7.40. The maximum atomic E-state index is 13.2. The summed E-state index contributed by atoms with van der Waals surface area (Å²) in [6.45, 7) is 3.35. The Labute approximate surface area is 161 Å². The number of aromatic nitrogens is 1. The summed E-state index contributed by atoms with van der Waals surface area (Å²) >= 11 is 0. The first-order valence-corrected chi connectivity index (χ1v) is 9.23. The van der Waals surface area contributed by atoms with Gasteiger partial charge < -0.3 is 20.1 Å². The number of piperidine rings is 1. The Bertz CT molecular complexity index is 1000. The Morgan fingerprint density at radius 3 is 2.68 bits per heavy atom. The van der Waals surface area contributed by atoms with Crippen molar-refractivity contribution in [3.8, 4) is 0 Å². The number of halogens is 1. The van der Waals surface area contributed by atoms with Crippen molar-refractivity contribution in [3.05, 3.63) is 58.3 Å². The molecule has 8 heteroatoms. The van der Waals surface area contributed by atoms with E-state index in [0.717, 1.165) is 12.1 Å². The van der Waals surface area contributed by atoms with Gasteiger partial charge in [0.2, 0.25) is 5.91 Å². The van der Waals surface area contributed by atoms with E-state index in [0.29, 0.717) is 25.3 Å². The zero-order valence-corrected chi connectivity index (χ0v) is 15.4. The average Bonchev–Trinajstić information content (AvgIpc) is 2.64. The highest BCUT2D eigenvalue weighted by atomic mass is 19.1. The van der Waals surface area contributed by atoms with Crippen molar-refractivity contribution in [2.24, 2.45) is 5.92 Å². The van der Waals surface area contributed by atoms with Crippen LogP contribution in [0.15, 0.2) is 41.2 Å². The van der Waals surface area contributed by atoms with Crippen LogP contribution in [0.25, 0.3) is 0 Å². The summed E-state index contributed by atoms with van der Waals surface area (Å²) in [6, 6.07) is 8.34. The second kappa shape index (κ2) is 7.10. The lowest BCUT2D eigenvalue weighted by Crippen LogP contribution is -2.48. The molecule has 2 unspecified atom stereocenters. The molecule has 0 spiro atoms. The number of hydrogen-bond donors (Lipinski definition) is 2. The number of likely N-dealkylation sites (tertiary alicyclic amines) is 1. The highest BCUT2D eigenvalue weighted by molar-refractivity contribution is 5.99. The van der Waals surface area contributed by atoms with Gasteiger partial charge in [0.05, 0.1) is 0 Å². The van der Waals surface area contributed by atoms with E-state index in [2.05, 4.69) is 10.6 Å². The van der Waals surface area contributed by atoms with Gasteiger partial charge >= 0.3 is 6.03 Å². The third kappa shape index (κ3) is 3.49. The van der Waals surface area contributed by atoms with E-state index in [1.807, 2.05) is 11.0 Å². The molecule has 2 atom stereocenters. The minimum Gasteiger partial charge on any atom is -0.342 e. The van der Waals surface area contributed by atoms with E-state index in [1.54, 1.807) is 23.6 Å². The van der Waals surface area contributed by atoms with Crippen LogP contribution in [0.5, 0.6) is 0 Å². The Morgan fingerprint density at radius 1 is 1.11 bits per heavy atom. The number of pyridine rings is 1. The predicted octanol–water partition coefficient (Wildman–Crippen LogP) is 2.60. The van der Waals surface area contributed by atoms with Crippen LogP contribution in [0.3, 0.4) is 0 Å². The summed E-state index contributed by atoms with van der Waals surface area (Å²) in [5.41, 5.74) is 1.09. The smallest absolute Gasteiger partial charge is 0.323 e. The van der Waals surface area contributed by atoms with Gasteiger partial charge in [-0.1, -0.05) is 6.07 Å². The maximum Gasteiger partial charge on any atom is 0.323 e. The number of nitrogens with zero attached hydrogens (tertiary/aromatic N) is 2. The van der Waals surface area contributed by atoms with Crippen LogP contribution in [0.1, 0.15) is 25.0 Å². The van der Waals surface area contributed by atoms with Gasteiger partial charge in [-0.2, -0.15) is 0 Å². The van der Waals surface area contributed by atoms with E-state index in [-0.39, 0.29) is 29.0 Å². The highest BCUT2D eigenvalue weighted by Crippen LogP contribution is 2.35. The molecule has 2 aliphatic rings. The van der Waals surface area contributed by atoms with E-state index < -0.39 is 11.8 Å². The van der Waals surface area contributed by atoms with Crippen molar-refractivity contribution in [2.75, 3.05) is 23.7 Å². The van der Waals surface area contributed by atoms with Gasteiger partial charge in [-0.15, -0.1) is 0 Å². The number of nitrogens with one attached hydrogen (secondary N) is 2. The molecule has 3 heterocycles. The molecule has 0 radical (unpaired) electrons. The van der Waals surface area contributed by atoms with Crippen LogP contribution in [-0.2, 0) is 11.3 Å². The monoisotopic (exact) mass is 384 g/mol. The molecule has 2 aliphatic heterocycles. The molecule has 0 aliphatic carbocycles. The van der Waals surface area contributed by atoms with Gasteiger partial charge in [0.25, 0.3) is 5.56 Å². The van der Waals surface area contributed by atoms with Crippen molar-refractivity contribution < 1.29 is 14.0 Å². The summed E-state index contributed by atoms with van der Waals surface area (Å²) in [4.78, 5) is 38.6. The van der Waals surface area contributed by atoms with E-state index in [9.17, 15) is 18.8 Å². The molecule has 4 rings (SSSR count). The van der Waals surface area contributed by atoms with Gasteiger partial charge in [0.15, 0.2) is 0 Å². The van der Waals surface area contributed by atoms with Crippen molar-refractivity contribution in [2.45, 2.75) is 25.8 Å². The van der Waals surface area contributed by atoms with Crippen LogP contribution in [-0.4, -0.2) is 34.5 Å². The lowest BCUT2D eigenvalue weighted by atomic mass is 9.83. The highest BCUT2D eigenvalue weighted by Gasteiger charge is 2.35. The quantitative estimate of drug-likeness (QED) is 0.835. The lowest BCUT2D eigenvalue weighted by Gasteiger charge is -2.42. The normalized spacial score (nSPS) is 20.3. The third-order valence-corrected chi connectivity index (χ3v) is 5.38. The number of carbonyl (C=O) groups excluding carboxylic acids is 2. The fraction of sp³-hybridized carbons (Fsp3) is 0.350. The van der Waals surface area contributed by atoms with Gasteiger partial charge in [-0.25, -0.2) is 9.18 Å². The summed E-state index contributed by atoms with van der Waals surface area (Å²) in [5, 5.41) is 5.06. The minimum atomic E-state index is -0.609. The first kappa shape index (κ1) is 18.2. The lowest BCUT2D eigenvalue weighted by molar-refractivity contribution is -0.131. The Balaban J connectivity index is 1.54. The number of urea groups is 1. The molecule has 1 aromatic heterocycles. The molecule has 2 aromatic rings. The number of amides is 3. The number of carbonyl (C=O) groups is 2. The Kier molecular flexibility index (Phi) is 4.62. The molecule has 7 nitrogen and oxygen atoms in total. The zero-order chi connectivity index (χ0) is 19.8. The van der Waals surface area contributed by atoms with Crippen molar-refractivity contribution in [1.29, 1.82) is 0 Å². The molecular formula is C20H21FN4O3. The Hall–Kier alpha value is -3.16. The topological polar surface area (TPSA) is 83.4 Å². The fourth-order valence-corrected chi connectivity index (χ4v) is 4.15. The third-order valence-electron chi connectivity index (χ3n) is 5.38. The van der Waals surface area contributed by atoms with Crippen molar-refractivity contribution in [3.63, 3.8) is 0 Å². The van der Waals surface area contributed by atoms with E-state index >= 15 is 0 Å². The first-order valence-electron chi connectivity index (χ1n) is 9.23. The molecule has 146 valence electrons. The maximum absolute atomic E-state index is 13.2. The predicted molar refractivity (Wildman–Crippen MR) is 103 cm³/mol. The molecule has 1 aromatic carbocycles. The van der Waals surface area contributed by atoms with Crippen LogP contribution in [0, 0.1) is 11.7 Å². The Morgan fingerprint density at radius 2 is 1.93 bits per heavy atom. The SMILES string of the molecule is CC(=O)N1CC2CC(C1)c1ccc(NC(=O)Nc3cccc(F)c3)c(=O)n1C2. The summed E-state index contributed by atoms with van der Waals surface area (Å²) in [5.74, 6) is -0.0564. The van der Waals surface area contributed by atoms with Crippen LogP contribution in [0.2, 0.25) is 0 Å². The molecule has 1 saturated heterocycles. The van der Waals surface area contributed by atoms with Crippen LogP contribution in [0.4, 0.5) is 20.6 Å². The molecule has 28 heavy (non-hydrogen) atoms. The summed E-state index contributed by atoms with van der Waals surface area (Å²) < 4.78 is 14.9. The fourth-order valence-electron chi connectivity index (χ4n) is 4.15. The van der Waals surface area contributed by atoms with E-state index in [4.69, 9.17) is 0 Å². The van der Waals surface area contributed by atoms with Crippen molar-refractivity contribution in [1.82, 2.24) is 9.47 Å². The summed E-state index contributed by atoms with van der Waals surface area (Å²) in [7, 11) is 0. The number of hydrogen-bond acceptors (Lipinski definition) is 3. The molecule has 0 saturated carbocycles. The zero-order valence-electron chi connectivity index (χ0n) is 15.4. The first-order chi connectivity index (χ1) is 13.4. The molecule has 2 N–H and O–H groups in total. The van der Waals surface area contributed by atoms with Gasteiger partial charge in [-0.3, -0.25) is 9.59 Å². The van der Waals surface area contributed by atoms with Gasteiger partial charge in [0.1, 0.15) is 11.5 Å². The molecular weight excluding hydrogens is 363 g/mol. The molecule has 2 bridgehead atoms. The summed E-state index contributed by atoms with van der Waals surface area (Å²) in [6.07, 6.45) is 0.954.